The lowest BCUT2D eigenvalue weighted by Crippen LogP contribution is -2.65. The van der Waals surface area contributed by atoms with Gasteiger partial charge in [-0.15, -0.1) is 0 Å². The Kier molecular flexibility index (Phi) is 5.04. The van der Waals surface area contributed by atoms with Gasteiger partial charge >= 0.3 is 6.03 Å². The van der Waals surface area contributed by atoms with Gasteiger partial charge in [-0.25, -0.2) is 14.1 Å². The molecule has 0 bridgehead atoms. The summed E-state index contributed by atoms with van der Waals surface area (Å²) in [5.41, 5.74) is 1.60. The first-order chi connectivity index (χ1) is 13.8. The molecule has 29 heavy (non-hydrogen) atoms. The number of rotatable bonds is 4. The number of carbonyl (C=O) groups excluding carboxylic acids is 2. The molecule has 2 fully saturated rings. The van der Waals surface area contributed by atoms with Crippen LogP contribution in [0.15, 0.2) is 29.4 Å². The maximum atomic E-state index is 13.4. The van der Waals surface area contributed by atoms with Crippen LogP contribution < -0.4 is 5.32 Å². The fourth-order valence-electron chi connectivity index (χ4n) is 4.13. The van der Waals surface area contributed by atoms with Gasteiger partial charge in [0.2, 0.25) is 0 Å². The molecular weight excluding hydrogens is 375 g/mol. The predicted octanol–water partition coefficient (Wildman–Crippen LogP) is 1.30. The van der Waals surface area contributed by atoms with Crippen LogP contribution in [0.4, 0.5) is 9.18 Å². The van der Waals surface area contributed by atoms with Crippen LogP contribution in [0.1, 0.15) is 25.8 Å². The fourth-order valence-corrected chi connectivity index (χ4v) is 4.13. The Hall–Kier alpha value is -2.52. The van der Waals surface area contributed by atoms with Crippen molar-refractivity contribution in [1.29, 1.82) is 0 Å². The SMILES string of the molecule is CC(C)CCN1N=C(c2ccc(F)cc2)CN2C3C(=O)N(C)C(=O)N(C)C3NC12. The van der Waals surface area contributed by atoms with Crippen molar-refractivity contribution in [3.8, 4) is 0 Å². The quantitative estimate of drug-likeness (QED) is 0.822. The molecule has 1 N–H and O–H groups in total. The first-order valence-corrected chi connectivity index (χ1v) is 9.94. The molecule has 1 aromatic carbocycles. The summed E-state index contributed by atoms with van der Waals surface area (Å²) in [5, 5.41) is 10.2. The summed E-state index contributed by atoms with van der Waals surface area (Å²) in [5.74, 6) is -0.0281. The van der Waals surface area contributed by atoms with Crippen molar-refractivity contribution in [2.24, 2.45) is 11.0 Å². The van der Waals surface area contributed by atoms with Crippen LogP contribution in [0, 0.1) is 11.7 Å². The van der Waals surface area contributed by atoms with Gasteiger partial charge in [-0.2, -0.15) is 5.10 Å². The highest BCUT2D eigenvalue weighted by molar-refractivity contribution is 6.04. The van der Waals surface area contributed by atoms with E-state index in [1.165, 1.54) is 24.1 Å². The molecule has 3 heterocycles. The number of urea groups is 1. The molecule has 3 unspecified atom stereocenters. The molecular formula is C20H27FN6O2. The number of fused-ring (bicyclic) bond motifs is 3. The highest BCUT2D eigenvalue weighted by Crippen LogP contribution is 2.30. The monoisotopic (exact) mass is 402 g/mol. The fraction of sp³-hybridized carbons (Fsp3) is 0.550. The van der Waals surface area contributed by atoms with E-state index in [0.29, 0.717) is 19.0 Å². The number of carbonyl (C=O) groups is 2. The normalized spacial score (nSPS) is 27.4. The van der Waals surface area contributed by atoms with E-state index in [0.717, 1.165) is 17.7 Å². The largest absolute Gasteiger partial charge is 0.327 e. The highest BCUT2D eigenvalue weighted by Gasteiger charge is 2.55. The minimum atomic E-state index is -0.500. The summed E-state index contributed by atoms with van der Waals surface area (Å²) in [6, 6.07) is 5.43. The van der Waals surface area contributed by atoms with E-state index in [4.69, 9.17) is 5.10 Å². The van der Waals surface area contributed by atoms with Crippen molar-refractivity contribution in [2.75, 3.05) is 27.2 Å². The number of hydrogen-bond acceptors (Lipinski definition) is 6. The van der Waals surface area contributed by atoms with E-state index in [-0.39, 0.29) is 24.0 Å². The molecule has 0 aromatic heterocycles. The van der Waals surface area contributed by atoms with Crippen molar-refractivity contribution in [2.45, 2.75) is 38.8 Å². The van der Waals surface area contributed by atoms with E-state index in [2.05, 4.69) is 24.1 Å². The third-order valence-electron chi connectivity index (χ3n) is 5.86. The maximum Gasteiger partial charge on any atom is 0.327 e. The van der Waals surface area contributed by atoms with Crippen LogP contribution in [-0.4, -0.2) is 83.0 Å². The van der Waals surface area contributed by atoms with Gasteiger partial charge in [0.25, 0.3) is 5.91 Å². The highest BCUT2D eigenvalue weighted by atomic mass is 19.1. The van der Waals surface area contributed by atoms with Crippen LogP contribution in [0.2, 0.25) is 0 Å². The zero-order chi connectivity index (χ0) is 20.9. The molecule has 3 atom stereocenters. The smallest absolute Gasteiger partial charge is 0.310 e. The predicted molar refractivity (Wildman–Crippen MR) is 106 cm³/mol. The van der Waals surface area contributed by atoms with Crippen LogP contribution in [-0.2, 0) is 4.79 Å². The molecule has 1 aromatic rings. The van der Waals surface area contributed by atoms with Crippen LogP contribution in [0.5, 0.6) is 0 Å². The van der Waals surface area contributed by atoms with Gasteiger partial charge < -0.3 is 4.90 Å². The molecule has 156 valence electrons. The number of nitrogens with zero attached hydrogens (tertiary/aromatic N) is 5. The lowest BCUT2D eigenvalue weighted by molar-refractivity contribution is -0.137. The average molecular weight is 402 g/mol. The number of imide groups is 1. The average Bonchev–Trinajstić information content (AvgIpc) is 3.09. The second kappa shape index (κ2) is 7.38. The Balaban J connectivity index is 1.69. The van der Waals surface area contributed by atoms with E-state index < -0.39 is 12.2 Å². The van der Waals surface area contributed by atoms with Crippen molar-refractivity contribution >= 4 is 17.6 Å². The van der Waals surface area contributed by atoms with Crippen molar-refractivity contribution in [3.05, 3.63) is 35.6 Å². The van der Waals surface area contributed by atoms with Gasteiger partial charge in [0.15, 0.2) is 6.29 Å². The van der Waals surface area contributed by atoms with Gasteiger partial charge in [-0.1, -0.05) is 26.0 Å². The van der Waals surface area contributed by atoms with Gasteiger partial charge in [0.1, 0.15) is 18.0 Å². The summed E-state index contributed by atoms with van der Waals surface area (Å²) in [6.07, 6.45) is 0.239. The topological polar surface area (TPSA) is 71.5 Å². The molecule has 0 aliphatic carbocycles. The molecule has 0 radical (unpaired) electrons. The summed E-state index contributed by atoms with van der Waals surface area (Å²) in [6.45, 7) is 5.44. The Morgan fingerprint density at radius 1 is 1.21 bits per heavy atom. The Morgan fingerprint density at radius 3 is 2.55 bits per heavy atom. The zero-order valence-electron chi connectivity index (χ0n) is 17.2. The number of amides is 3. The number of nitrogens with one attached hydrogen (secondary N) is 1. The summed E-state index contributed by atoms with van der Waals surface area (Å²) < 4.78 is 13.4. The lowest BCUT2D eigenvalue weighted by atomic mass is 10.1. The van der Waals surface area contributed by atoms with Crippen molar-refractivity contribution in [3.63, 3.8) is 0 Å². The van der Waals surface area contributed by atoms with Crippen LogP contribution >= 0.6 is 0 Å². The van der Waals surface area contributed by atoms with Crippen molar-refractivity contribution in [1.82, 2.24) is 25.0 Å². The summed E-state index contributed by atoms with van der Waals surface area (Å²) >= 11 is 0. The first kappa shape index (κ1) is 19.8. The summed E-state index contributed by atoms with van der Waals surface area (Å²) in [7, 11) is 3.22. The van der Waals surface area contributed by atoms with Crippen LogP contribution in [0.3, 0.4) is 0 Å². The minimum absolute atomic E-state index is 0.225. The molecule has 9 heteroatoms. The van der Waals surface area contributed by atoms with Gasteiger partial charge in [-0.3, -0.25) is 20.0 Å². The molecule has 4 rings (SSSR count). The third kappa shape index (κ3) is 3.38. The number of halogens is 1. The number of hydrogen-bond donors (Lipinski definition) is 1. The first-order valence-electron chi connectivity index (χ1n) is 9.94. The molecule has 2 saturated heterocycles. The molecule has 3 aliphatic heterocycles. The number of likely N-dealkylation sites (N-methyl/N-ethyl adjacent to an activating group) is 2. The third-order valence-corrected chi connectivity index (χ3v) is 5.86. The Bertz CT molecular complexity index is 842. The second-order valence-corrected chi connectivity index (χ2v) is 8.29. The Morgan fingerprint density at radius 2 is 1.90 bits per heavy atom. The molecule has 3 amide bonds. The van der Waals surface area contributed by atoms with Crippen LogP contribution in [0.25, 0.3) is 0 Å². The maximum absolute atomic E-state index is 13.4. The molecule has 8 nitrogen and oxygen atoms in total. The van der Waals surface area contributed by atoms with Gasteiger partial charge in [-0.05, 0) is 30.0 Å². The number of benzene rings is 1. The Labute approximate surface area is 169 Å². The molecule has 0 saturated carbocycles. The van der Waals surface area contributed by atoms with E-state index in [1.54, 1.807) is 24.1 Å². The second-order valence-electron chi connectivity index (χ2n) is 8.29. The summed E-state index contributed by atoms with van der Waals surface area (Å²) in [4.78, 5) is 30.2. The zero-order valence-corrected chi connectivity index (χ0v) is 17.2. The van der Waals surface area contributed by atoms with Gasteiger partial charge in [0.05, 0.1) is 5.71 Å². The van der Waals surface area contributed by atoms with E-state index >= 15 is 0 Å². The lowest BCUT2D eigenvalue weighted by Gasteiger charge is -2.41. The van der Waals surface area contributed by atoms with E-state index in [9.17, 15) is 14.0 Å². The molecule has 0 spiro atoms. The standard InChI is InChI=1S/C20H27FN6O2/c1-12(2)9-10-27-19-22-17-16(18(28)25(4)20(29)24(17)3)26(19)11-15(23-27)13-5-7-14(21)8-6-13/h5-8,12,16-17,19,22H,9-11H2,1-4H3. The van der Waals surface area contributed by atoms with E-state index in [1.807, 2.05) is 5.01 Å². The van der Waals surface area contributed by atoms with Crippen molar-refractivity contribution < 1.29 is 14.0 Å². The van der Waals surface area contributed by atoms with Gasteiger partial charge in [0, 0.05) is 27.2 Å². The number of hydrazone groups is 1. The minimum Gasteiger partial charge on any atom is -0.310 e. The molecule has 3 aliphatic rings.